The SMILES string of the molecule is CN1CCCNC(c2ccc(C(C)(C)C)cc2)C1=O. The monoisotopic (exact) mass is 260 g/mol. The summed E-state index contributed by atoms with van der Waals surface area (Å²) in [5, 5.41) is 3.35. The van der Waals surface area contributed by atoms with Crippen LogP contribution in [0.3, 0.4) is 0 Å². The normalized spacial score (nSPS) is 21.4. The molecule has 3 nitrogen and oxygen atoms in total. The summed E-state index contributed by atoms with van der Waals surface area (Å²) >= 11 is 0. The van der Waals surface area contributed by atoms with E-state index in [9.17, 15) is 4.79 Å². The van der Waals surface area contributed by atoms with E-state index < -0.39 is 0 Å². The van der Waals surface area contributed by atoms with Gasteiger partial charge in [0.2, 0.25) is 5.91 Å². The smallest absolute Gasteiger partial charge is 0.244 e. The number of nitrogens with one attached hydrogen (secondary N) is 1. The molecule has 1 fully saturated rings. The van der Waals surface area contributed by atoms with Gasteiger partial charge in [0.25, 0.3) is 0 Å². The molecule has 0 aliphatic carbocycles. The summed E-state index contributed by atoms with van der Waals surface area (Å²) < 4.78 is 0. The fraction of sp³-hybridized carbons (Fsp3) is 0.562. The van der Waals surface area contributed by atoms with Crippen LogP contribution in [0.15, 0.2) is 24.3 Å². The Balaban J connectivity index is 2.23. The van der Waals surface area contributed by atoms with Crippen molar-refractivity contribution in [2.75, 3.05) is 20.1 Å². The van der Waals surface area contributed by atoms with Crippen LogP contribution in [0.4, 0.5) is 0 Å². The molecule has 0 aromatic heterocycles. The summed E-state index contributed by atoms with van der Waals surface area (Å²) in [7, 11) is 1.88. The Hall–Kier alpha value is -1.35. The van der Waals surface area contributed by atoms with E-state index >= 15 is 0 Å². The molecular formula is C16H24N2O. The van der Waals surface area contributed by atoms with Gasteiger partial charge in [0.15, 0.2) is 0 Å². The first-order valence-electron chi connectivity index (χ1n) is 6.98. The summed E-state index contributed by atoms with van der Waals surface area (Å²) in [5.74, 6) is 0.168. The maximum absolute atomic E-state index is 12.3. The molecule has 1 aliphatic heterocycles. The van der Waals surface area contributed by atoms with Gasteiger partial charge in [0.05, 0.1) is 0 Å². The minimum Gasteiger partial charge on any atom is -0.344 e. The lowest BCUT2D eigenvalue weighted by atomic mass is 9.86. The average molecular weight is 260 g/mol. The van der Waals surface area contributed by atoms with Crippen molar-refractivity contribution < 1.29 is 4.79 Å². The third-order valence-corrected chi connectivity index (χ3v) is 3.75. The first-order chi connectivity index (χ1) is 8.89. The van der Waals surface area contributed by atoms with Crippen molar-refractivity contribution in [3.8, 4) is 0 Å². The Morgan fingerprint density at radius 2 is 1.84 bits per heavy atom. The fourth-order valence-corrected chi connectivity index (χ4v) is 2.42. The molecule has 19 heavy (non-hydrogen) atoms. The van der Waals surface area contributed by atoms with Gasteiger partial charge in [-0.05, 0) is 29.5 Å². The molecule has 1 unspecified atom stereocenters. The number of rotatable bonds is 1. The number of likely N-dealkylation sites (N-methyl/N-ethyl adjacent to an activating group) is 1. The van der Waals surface area contributed by atoms with Gasteiger partial charge < -0.3 is 10.2 Å². The van der Waals surface area contributed by atoms with E-state index in [-0.39, 0.29) is 17.4 Å². The second kappa shape index (κ2) is 5.33. The van der Waals surface area contributed by atoms with Gasteiger partial charge in [-0.2, -0.15) is 0 Å². The zero-order valence-electron chi connectivity index (χ0n) is 12.4. The van der Waals surface area contributed by atoms with Crippen LogP contribution in [0.2, 0.25) is 0 Å². The van der Waals surface area contributed by atoms with Gasteiger partial charge in [-0.15, -0.1) is 0 Å². The van der Waals surface area contributed by atoms with Crippen molar-refractivity contribution in [3.05, 3.63) is 35.4 Å². The van der Waals surface area contributed by atoms with Crippen LogP contribution in [-0.4, -0.2) is 30.9 Å². The number of benzene rings is 1. The Bertz CT molecular complexity index is 445. The van der Waals surface area contributed by atoms with Gasteiger partial charge in [-0.1, -0.05) is 45.0 Å². The highest BCUT2D eigenvalue weighted by Crippen LogP contribution is 2.25. The summed E-state index contributed by atoms with van der Waals surface area (Å²) in [4.78, 5) is 14.1. The Morgan fingerprint density at radius 3 is 2.42 bits per heavy atom. The molecular weight excluding hydrogens is 236 g/mol. The Morgan fingerprint density at radius 1 is 1.21 bits per heavy atom. The molecule has 104 valence electrons. The number of carbonyl (C=O) groups excluding carboxylic acids is 1. The molecule has 0 saturated carbocycles. The molecule has 3 heteroatoms. The van der Waals surface area contributed by atoms with E-state index in [4.69, 9.17) is 0 Å². The van der Waals surface area contributed by atoms with E-state index in [1.807, 2.05) is 11.9 Å². The third kappa shape index (κ3) is 3.16. The lowest BCUT2D eigenvalue weighted by Crippen LogP contribution is -2.35. The molecule has 1 aliphatic rings. The highest BCUT2D eigenvalue weighted by atomic mass is 16.2. The largest absolute Gasteiger partial charge is 0.344 e. The molecule has 1 heterocycles. The van der Waals surface area contributed by atoms with Crippen LogP contribution >= 0.6 is 0 Å². The predicted molar refractivity (Wildman–Crippen MR) is 78.1 cm³/mol. The number of hydrogen-bond acceptors (Lipinski definition) is 2. The van der Waals surface area contributed by atoms with E-state index in [1.54, 1.807) is 0 Å². The molecule has 2 rings (SSSR count). The highest BCUT2D eigenvalue weighted by Gasteiger charge is 2.26. The molecule has 1 aromatic carbocycles. The summed E-state index contributed by atoms with van der Waals surface area (Å²) in [6.45, 7) is 8.32. The molecule has 1 aromatic rings. The zero-order chi connectivity index (χ0) is 14.0. The van der Waals surface area contributed by atoms with Gasteiger partial charge >= 0.3 is 0 Å². The van der Waals surface area contributed by atoms with Crippen LogP contribution < -0.4 is 5.32 Å². The number of carbonyl (C=O) groups is 1. The maximum atomic E-state index is 12.3. The zero-order valence-corrected chi connectivity index (χ0v) is 12.4. The summed E-state index contributed by atoms with van der Waals surface area (Å²) in [5.41, 5.74) is 2.51. The third-order valence-electron chi connectivity index (χ3n) is 3.75. The van der Waals surface area contributed by atoms with Crippen molar-refractivity contribution in [2.45, 2.75) is 38.6 Å². The minimum absolute atomic E-state index is 0.149. The second-order valence-corrected chi connectivity index (χ2v) is 6.37. The predicted octanol–water partition coefficient (Wildman–Crippen LogP) is 2.48. The van der Waals surface area contributed by atoms with Crippen LogP contribution in [0.1, 0.15) is 44.4 Å². The molecule has 0 radical (unpaired) electrons. The quantitative estimate of drug-likeness (QED) is 0.841. The molecule has 1 saturated heterocycles. The lowest BCUT2D eigenvalue weighted by Gasteiger charge is -2.23. The second-order valence-electron chi connectivity index (χ2n) is 6.37. The van der Waals surface area contributed by atoms with Crippen molar-refractivity contribution in [2.24, 2.45) is 0 Å². The van der Waals surface area contributed by atoms with Gasteiger partial charge in [0, 0.05) is 13.6 Å². The highest BCUT2D eigenvalue weighted by molar-refractivity contribution is 5.83. The van der Waals surface area contributed by atoms with Gasteiger partial charge in [-0.3, -0.25) is 4.79 Å². The molecule has 1 amide bonds. The number of nitrogens with zero attached hydrogens (tertiary/aromatic N) is 1. The van der Waals surface area contributed by atoms with Crippen LogP contribution in [0.5, 0.6) is 0 Å². The van der Waals surface area contributed by atoms with Crippen LogP contribution in [-0.2, 0) is 10.2 Å². The molecule has 1 atom stereocenters. The number of amides is 1. The van der Waals surface area contributed by atoms with E-state index in [0.29, 0.717) is 0 Å². The van der Waals surface area contributed by atoms with Crippen molar-refractivity contribution >= 4 is 5.91 Å². The van der Waals surface area contributed by atoms with Crippen LogP contribution in [0.25, 0.3) is 0 Å². The van der Waals surface area contributed by atoms with Gasteiger partial charge in [0.1, 0.15) is 6.04 Å². The van der Waals surface area contributed by atoms with Gasteiger partial charge in [-0.25, -0.2) is 0 Å². The van der Waals surface area contributed by atoms with E-state index in [2.05, 4.69) is 50.4 Å². The Labute approximate surface area is 116 Å². The van der Waals surface area contributed by atoms with Crippen molar-refractivity contribution in [3.63, 3.8) is 0 Å². The summed E-state index contributed by atoms with van der Waals surface area (Å²) in [6, 6.07) is 8.23. The molecule has 0 bridgehead atoms. The first kappa shape index (κ1) is 14.1. The Kier molecular flexibility index (Phi) is 3.95. The average Bonchev–Trinajstić information content (AvgIpc) is 2.52. The minimum atomic E-state index is -0.193. The molecule has 1 N–H and O–H groups in total. The van der Waals surface area contributed by atoms with E-state index in [1.165, 1.54) is 5.56 Å². The molecule has 0 spiro atoms. The van der Waals surface area contributed by atoms with Crippen molar-refractivity contribution in [1.82, 2.24) is 10.2 Å². The van der Waals surface area contributed by atoms with E-state index in [0.717, 1.165) is 25.1 Å². The lowest BCUT2D eigenvalue weighted by molar-refractivity contribution is -0.131. The topological polar surface area (TPSA) is 32.3 Å². The summed E-state index contributed by atoms with van der Waals surface area (Å²) in [6.07, 6.45) is 1.01. The number of hydrogen-bond donors (Lipinski definition) is 1. The first-order valence-corrected chi connectivity index (χ1v) is 6.98. The van der Waals surface area contributed by atoms with Crippen LogP contribution in [0, 0.1) is 0 Å². The maximum Gasteiger partial charge on any atom is 0.244 e. The van der Waals surface area contributed by atoms with Crippen molar-refractivity contribution in [1.29, 1.82) is 0 Å². The fourth-order valence-electron chi connectivity index (χ4n) is 2.42. The standard InChI is InChI=1S/C16H24N2O/c1-16(2,3)13-8-6-12(7-9-13)14-15(19)18(4)11-5-10-17-14/h6-9,14,17H,5,10-11H2,1-4H3.